The first-order valence-electron chi connectivity index (χ1n) is 9.00. The van der Waals surface area contributed by atoms with Crippen molar-refractivity contribution in [1.82, 2.24) is 0 Å². The van der Waals surface area contributed by atoms with Gasteiger partial charge in [0.05, 0.1) is 17.3 Å². The molecule has 24 heavy (non-hydrogen) atoms. The minimum absolute atomic E-state index is 0.00565. The number of carbonyl (C=O) groups is 2. The van der Waals surface area contributed by atoms with Gasteiger partial charge in [0.1, 0.15) is 23.6 Å². The molecule has 3 heterocycles. The number of allylic oxidation sites excluding steroid dienone is 2. The average molecular weight is 326 g/mol. The summed E-state index contributed by atoms with van der Waals surface area (Å²) in [6, 6.07) is 0. The standard InChI is InChI=1S/C19H18O5/c1-5-8-10(12(8)20)7-3-4-18-6(2)13-16(24-17(18)21)19(22)14(18)11(7)9(5)15(19)23-13/h6,8,10,13-16,22H,3-4H2,1-2H3/t6?,8-,10+,13-,14-,15-,16-,18+,19-/m0/s1. The number of ether oxygens (including phenoxy) is 2. The molecule has 1 spiro atoms. The first-order chi connectivity index (χ1) is 11.4. The topological polar surface area (TPSA) is 72.8 Å². The highest BCUT2D eigenvalue weighted by Gasteiger charge is 2.85. The molecule has 5 heteroatoms. The summed E-state index contributed by atoms with van der Waals surface area (Å²) in [5.74, 6) is -0.0640. The fourth-order valence-electron chi connectivity index (χ4n) is 7.48. The largest absolute Gasteiger partial charge is 0.456 e. The predicted molar refractivity (Wildman–Crippen MR) is 79.5 cm³/mol. The number of hydrogen-bond acceptors (Lipinski definition) is 5. The molecule has 1 unspecified atom stereocenters. The maximum Gasteiger partial charge on any atom is 0.313 e. The second-order valence-corrected chi connectivity index (χ2v) is 8.85. The highest BCUT2D eigenvalue weighted by molar-refractivity contribution is 6.06. The van der Waals surface area contributed by atoms with Crippen molar-refractivity contribution in [2.45, 2.75) is 50.6 Å². The molecule has 0 radical (unpaired) electrons. The lowest BCUT2D eigenvalue weighted by Gasteiger charge is -2.60. The monoisotopic (exact) mass is 326 g/mol. The maximum absolute atomic E-state index is 12.9. The Kier molecular flexibility index (Phi) is 1.70. The van der Waals surface area contributed by atoms with E-state index >= 15 is 0 Å². The number of fused-ring (bicyclic) bond motifs is 4. The molecular weight excluding hydrogens is 308 g/mol. The van der Waals surface area contributed by atoms with Crippen LogP contribution in [0.15, 0.2) is 22.3 Å². The number of Topliss-reactive ketones (excluding diaryl/α,β-unsaturated/α-hetero) is 1. The van der Waals surface area contributed by atoms with E-state index in [0.717, 1.165) is 23.1 Å². The van der Waals surface area contributed by atoms with Crippen LogP contribution in [0, 0.1) is 29.1 Å². The van der Waals surface area contributed by atoms with E-state index in [1.54, 1.807) is 0 Å². The summed E-state index contributed by atoms with van der Waals surface area (Å²) in [5, 5.41) is 11.7. The summed E-state index contributed by atoms with van der Waals surface area (Å²) in [5.41, 5.74) is 2.57. The van der Waals surface area contributed by atoms with E-state index < -0.39 is 23.2 Å². The fraction of sp³-hybridized carbons (Fsp3) is 0.684. The number of aliphatic hydroxyl groups is 1. The molecule has 124 valence electrons. The molecule has 3 aliphatic heterocycles. The Morgan fingerprint density at radius 3 is 2.79 bits per heavy atom. The molecule has 6 fully saturated rings. The van der Waals surface area contributed by atoms with Crippen molar-refractivity contribution in [1.29, 1.82) is 0 Å². The average Bonchev–Trinajstić information content (AvgIpc) is 3.04. The van der Waals surface area contributed by atoms with Gasteiger partial charge >= 0.3 is 5.97 Å². The number of esters is 1. The predicted octanol–water partition coefficient (Wildman–Crippen LogP) is 0.912. The van der Waals surface area contributed by atoms with Crippen molar-refractivity contribution in [2.75, 3.05) is 0 Å². The molecule has 0 amide bonds. The van der Waals surface area contributed by atoms with Gasteiger partial charge in [0.2, 0.25) is 0 Å². The van der Waals surface area contributed by atoms with Crippen molar-refractivity contribution in [3.63, 3.8) is 0 Å². The summed E-state index contributed by atoms with van der Waals surface area (Å²) in [6.07, 6.45) is 0.204. The van der Waals surface area contributed by atoms with Gasteiger partial charge in [-0.05, 0) is 30.9 Å². The Hall–Kier alpha value is -1.46. The van der Waals surface area contributed by atoms with E-state index in [0.29, 0.717) is 12.2 Å². The number of ketones is 1. The quantitative estimate of drug-likeness (QED) is 0.670. The van der Waals surface area contributed by atoms with Crippen LogP contribution >= 0.6 is 0 Å². The Balaban J connectivity index is 1.63. The van der Waals surface area contributed by atoms with Gasteiger partial charge in [0.25, 0.3) is 0 Å². The molecule has 4 bridgehead atoms. The summed E-state index contributed by atoms with van der Waals surface area (Å²) in [7, 11) is 0. The first-order valence-corrected chi connectivity index (χ1v) is 9.00. The summed E-state index contributed by atoms with van der Waals surface area (Å²) >= 11 is 0. The van der Waals surface area contributed by atoms with Crippen LogP contribution in [0.5, 0.6) is 0 Å². The SMILES string of the molecule is CC1=C2C3=C(CC[C@]45C(=O)O[C@H]6[C@@H](O[C@@H]2[C@@]6(O)[C@@H]34)C5C)[C@H]2C(=O)[C@@H]12. The minimum atomic E-state index is -1.14. The molecule has 1 N–H and O–H groups in total. The van der Waals surface area contributed by atoms with Crippen LogP contribution in [0.2, 0.25) is 0 Å². The summed E-state index contributed by atoms with van der Waals surface area (Å²) in [4.78, 5) is 25.3. The van der Waals surface area contributed by atoms with Crippen molar-refractivity contribution in [3.8, 4) is 0 Å². The molecule has 3 saturated carbocycles. The van der Waals surface area contributed by atoms with Crippen LogP contribution in [-0.2, 0) is 19.1 Å². The van der Waals surface area contributed by atoms with Crippen molar-refractivity contribution in [3.05, 3.63) is 22.3 Å². The number of rotatable bonds is 0. The molecule has 5 aliphatic carbocycles. The van der Waals surface area contributed by atoms with Crippen LogP contribution in [0.1, 0.15) is 26.7 Å². The minimum Gasteiger partial charge on any atom is -0.456 e. The lowest BCUT2D eigenvalue weighted by molar-refractivity contribution is -0.250. The molecule has 0 aromatic heterocycles. The van der Waals surface area contributed by atoms with Crippen LogP contribution in [0.25, 0.3) is 0 Å². The molecule has 9 atom stereocenters. The Morgan fingerprint density at radius 2 is 2.00 bits per heavy atom. The van der Waals surface area contributed by atoms with Crippen molar-refractivity contribution >= 4 is 11.8 Å². The summed E-state index contributed by atoms with van der Waals surface area (Å²) in [6.45, 7) is 4.09. The highest BCUT2D eigenvalue weighted by atomic mass is 16.6. The first kappa shape index (κ1) is 12.8. The van der Waals surface area contributed by atoms with Gasteiger partial charge in [0, 0.05) is 11.8 Å². The van der Waals surface area contributed by atoms with Crippen molar-refractivity contribution < 1.29 is 24.2 Å². The van der Waals surface area contributed by atoms with Gasteiger partial charge in [-0.2, -0.15) is 0 Å². The maximum atomic E-state index is 12.9. The lowest BCUT2D eigenvalue weighted by Crippen LogP contribution is -2.72. The molecule has 5 nitrogen and oxygen atoms in total. The third kappa shape index (κ3) is 0.877. The lowest BCUT2D eigenvalue weighted by atomic mass is 9.48. The highest BCUT2D eigenvalue weighted by Crippen LogP contribution is 2.76. The second-order valence-electron chi connectivity index (χ2n) is 8.85. The van der Waals surface area contributed by atoms with E-state index in [1.165, 1.54) is 5.57 Å². The smallest absolute Gasteiger partial charge is 0.313 e. The van der Waals surface area contributed by atoms with Crippen LogP contribution < -0.4 is 0 Å². The molecule has 8 rings (SSSR count). The zero-order valence-electron chi connectivity index (χ0n) is 13.5. The van der Waals surface area contributed by atoms with E-state index in [1.807, 2.05) is 6.92 Å². The van der Waals surface area contributed by atoms with Crippen LogP contribution in [0.4, 0.5) is 0 Å². The fourth-order valence-corrected chi connectivity index (χ4v) is 7.48. The van der Waals surface area contributed by atoms with Gasteiger partial charge in [-0.3, -0.25) is 9.59 Å². The van der Waals surface area contributed by atoms with E-state index in [9.17, 15) is 14.7 Å². The Morgan fingerprint density at radius 1 is 1.21 bits per heavy atom. The zero-order chi connectivity index (χ0) is 16.3. The third-order valence-electron chi connectivity index (χ3n) is 8.46. The van der Waals surface area contributed by atoms with Gasteiger partial charge < -0.3 is 14.6 Å². The summed E-state index contributed by atoms with van der Waals surface area (Å²) < 4.78 is 12.1. The molecule has 8 aliphatic rings. The normalized spacial score (nSPS) is 60.7. The second kappa shape index (κ2) is 3.17. The number of carbonyl (C=O) groups excluding carboxylic acids is 2. The molecule has 3 saturated heterocycles. The molecule has 0 aromatic carbocycles. The van der Waals surface area contributed by atoms with E-state index in [2.05, 4.69) is 6.92 Å². The molecular formula is C19H18O5. The Labute approximate surface area is 138 Å². The third-order valence-corrected chi connectivity index (χ3v) is 8.46. The van der Waals surface area contributed by atoms with Gasteiger partial charge in [-0.25, -0.2) is 0 Å². The number of hydrogen-bond donors (Lipinski definition) is 1. The van der Waals surface area contributed by atoms with Gasteiger partial charge in [-0.15, -0.1) is 0 Å². The van der Waals surface area contributed by atoms with Crippen molar-refractivity contribution in [2.24, 2.45) is 29.1 Å². The van der Waals surface area contributed by atoms with Crippen LogP contribution in [-0.4, -0.2) is 40.8 Å². The Bertz CT molecular complexity index is 867. The van der Waals surface area contributed by atoms with Crippen LogP contribution in [0.3, 0.4) is 0 Å². The molecule has 0 aromatic rings. The van der Waals surface area contributed by atoms with E-state index in [4.69, 9.17) is 9.47 Å². The van der Waals surface area contributed by atoms with Gasteiger partial charge in [-0.1, -0.05) is 18.1 Å². The van der Waals surface area contributed by atoms with E-state index in [-0.39, 0.29) is 35.7 Å². The zero-order valence-corrected chi connectivity index (χ0v) is 13.5. The van der Waals surface area contributed by atoms with Gasteiger partial charge in [0.15, 0.2) is 6.10 Å².